The van der Waals surface area contributed by atoms with Gasteiger partial charge in [0.15, 0.2) is 5.13 Å². The molecule has 2 nitrogen and oxygen atoms in total. The first-order chi connectivity index (χ1) is 9.13. The fourth-order valence-corrected chi connectivity index (χ4v) is 2.99. The summed E-state index contributed by atoms with van der Waals surface area (Å²) in [5, 5.41) is 4.30. The summed E-state index contributed by atoms with van der Waals surface area (Å²) in [6.07, 6.45) is 0. The van der Waals surface area contributed by atoms with Crippen molar-refractivity contribution in [1.29, 1.82) is 0 Å². The van der Waals surface area contributed by atoms with E-state index < -0.39 is 0 Å². The average Bonchev–Trinajstić information content (AvgIpc) is 2.78. The Bertz CT molecular complexity index is 754. The third-order valence-corrected chi connectivity index (χ3v) is 4.18. The molecule has 0 saturated heterocycles. The first-order valence-corrected chi connectivity index (χ1v) is 6.91. The molecule has 0 saturated carbocycles. The van der Waals surface area contributed by atoms with E-state index in [4.69, 9.17) is 11.6 Å². The number of aromatic nitrogens is 1. The van der Waals surface area contributed by atoms with E-state index in [0.29, 0.717) is 15.8 Å². The third-order valence-electron chi connectivity index (χ3n) is 2.73. The maximum atomic E-state index is 13.7. The number of anilines is 2. The molecule has 0 unspecified atom stereocenters. The molecule has 19 heavy (non-hydrogen) atoms. The second-order valence-corrected chi connectivity index (χ2v) is 5.62. The van der Waals surface area contributed by atoms with Crippen molar-refractivity contribution in [2.24, 2.45) is 0 Å². The molecule has 2 aromatic carbocycles. The topological polar surface area (TPSA) is 24.9 Å². The minimum atomic E-state index is -0.295. The highest BCUT2D eigenvalue weighted by Gasteiger charge is 2.09. The van der Waals surface area contributed by atoms with Gasteiger partial charge < -0.3 is 5.32 Å². The van der Waals surface area contributed by atoms with E-state index in [1.165, 1.54) is 17.4 Å². The maximum Gasteiger partial charge on any atom is 0.188 e. The van der Waals surface area contributed by atoms with Crippen LogP contribution in [0.25, 0.3) is 10.2 Å². The van der Waals surface area contributed by atoms with Crippen LogP contribution in [0.3, 0.4) is 0 Å². The van der Waals surface area contributed by atoms with Crippen LogP contribution in [0.15, 0.2) is 36.4 Å². The number of nitrogens with one attached hydrogen (secondary N) is 1. The second-order valence-electron chi connectivity index (χ2n) is 4.22. The van der Waals surface area contributed by atoms with Crippen molar-refractivity contribution >= 4 is 44.0 Å². The molecule has 0 amide bonds. The Morgan fingerprint density at radius 3 is 2.89 bits per heavy atom. The monoisotopic (exact) mass is 292 g/mol. The van der Waals surface area contributed by atoms with Gasteiger partial charge in [-0.2, -0.15) is 0 Å². The molecular formula is C14H10ClFN2S. The Morgan fingerprint density at radius 2 is 2.11 bits per heavy atom. The molecule has 5 heteroatoms. The Labute approximate surface area is 118 Å². The van der Waals surface area contributed by atoms with Crippen molar-refractivity contribution in [3.8, 4) is 0 Å². The molecule has 0 spiro atoms. The molecule has 1 N–H and O–H groups in total. The van der Waals surface area contributed by atoms with Gasteiger partial charge >= 0.3 is 0 Å². The molecule has 0 atom stereocenters. The van der Waals surface area contributed by atoms with Crippen LogP contribution >= 0.6 is 22.9 Å². The van der Waals surface area contributed by atoms with Gasteiger partial charge in [-0.1, -0.05) is 35.1 Å². The lowest BCUT2D eigenvalue weighted by molar-refractivity contribution is 0.631. The highest BCUT2D eigenvalue weighted by atomic mass is 35.5. The Morgan fingerprint density at radius 1 is 1.26 bits per heavy atom. The summed E-state index contributed by atoms with van der Waals surface area (Å²) in [6.45, 7) is 1.92. The van der Waals surface area contributed by atoms with Gasteiger partial charge in [0.05, 0.1) is 20.9 Å². The molecule has 1 aromatic heterocycles. The predicted octanol–water partition coefficient (Wildman–Crippen LogP) is 5.14. The quantitative estimate of drug-likeness (QED) is 0.707. The van der Waals surface area contributed by atoms with E-state index in [0.717, 1.165) is 15.8 Å². The SMILES string of the molecule is Cc1ccc(F)c(Nc2nc3cccc(Cl)c3s2)c1. The number of fused-ring (bicyclic) bond motifs is 1. The van der Waals surface area contributed by atoms with E-state index in [1.807, 2.05) is 25.1 Å². The highest BCUT2D eigenvalue weighted by molar-refractivity contribution is 7.22. The standard InChI is InChI=1S/C14H10ClFN2S/c1-8-5-6-10(16)12(7-8)18-14-17-11-4-2-3-9(15)13(11)19-14/h2-7H,1H3,(H,17,18). The number of nitrogens with zero attached hydrogens (tertiary/aromatic N) is 1. The van der Waals surface area contributed by atoms with Gasteiger partial charge in [-0.3, -0.25) is 0 Å². The molecular weight excluding hydrogens is 283 g/mol. The van der Waals surface area contributed by atoms with Crippen molar-refractivity contribution in [2.45, 2.75) is 6.92 Å². The number of thiazole rings is 1. The molecule has 0 aliphatic carbocycles. The van der Waals surface area contributed by atoms with Crippen LogP contribution in [0.2, 0.25) is 5.02 Å². The minimum absolute atomic E-state index is 0.295. The van der Waals surface area contributed by atoms with E-state index in [-0.39, 0.29) is 5.82 Å². The summed E-state index contributed by atoms with van der Waals surface area (Å²) in [7, 11) is 0. The van der Waals surface area contributed by atoms with Crippen LogP contribution < -0.4 is 5.32 Å². The van der Waals surface area contributed by atoms with Crippen LogP contribution in [0.1, 0.15) is 5.56 Å². The predicted molar refractivity (Wildman–Crippen MR) is 79.0 cm³/mol. The number of hydrogen-bond donors (Lipinski definition) is 1. The van der Waals surface area contributed by atoms with E-state index in [1.54, 1.807) is 12.1 Å². The molecule has 1 heterocycles. The first-order valence-electron chi connectivity index (χ1n) is 5.72. The fraction of sp³-hybridized carbons (Fsp3) is 0.0714. The van der Waals surface area contributed by atoms with Crippen LogP contribution in [0, 0.1) is 12.7 Å². The zero-order valence-corrected chi connectivity index (χ0v) is 11.6. The zero-order chi connectivity index (χ0) is 13.4. The molecule has 3 aromatic rings. The van der Waals surface area contributed by atoms with Crippen LogP contribution in [0.4, 0.5) is 15.2 Å². The molecule has 0 fully saturated rings. The average molecular weight is 293 g/mol. The lowest BCUT2D eigenvalue weighted by Gasteiger charge is -2.04. The number of halogens is 2. The second kappa shape index (κ2) is 4.79. The summed E-state index contributed by atoms with van der Waals surface area (Å²) >= 11 is 7.51. The summed E-state index contributed by atoms with van der Waals surface area (Å²) < 4.78 is 14.6. The Hall–Kier alpha value is -1.65. The zero-order valence-electron chi connectivity index (χ0n) is 10.1. The van der Waals surface area contributed by atoms with Crippen molar-refractivity contribution in [3.63, 3.8) is 0 Å². The number of aryl methyl sites for hydroxylation is 1. The number of hydrogen-bond acceptors (Lipinski definition) is 3. The van der Waals surface area contributed by atoms with Crippen molar-refractivity contribution in [1.82, 2.24) is 4.98 Å². The lowest BCUT2D eigenvalue weighted by atomic mass is 10.2. The molecule has 0 aliphatic rings. The summed E-state index contributed by atoms with van der Waals surface area (Å²) in [6, 6.07) is 10.5. The van der Waals surface area contributed by atoms with Crippen LogP contribution in [-0.4, -0.2) is 4.98 Å². The molecule has 0 bridgehead atoms. The molecule has 96 valence electrons. The van der Waals surface area contributed by atoms with Gasteiger partial charge in [-0.05, 0) is 36.8 Å². The van der Waals surface area contributed by atoms with E-state index in [2.05, 4.69) is 10.3 Å². The lowest BCUT2D eigenvalue weighted by Crippen LogP contribution is -1.93. The molecule has 0 aliphatic heterocycles. The smallest absolute Gasteiger partial charge is 0.188 e. The summed E-state index contributed by atoms with van der Waals surface area (Å²) in [5.74, 6) is -0.295. The van der Waals surface area contributed by atoms with Crippen molar-refractivity contribution < 1.29 is 4.39 Å². The largest absolute Gasteiger partial charge is 0.329 e. The summed E-state index contributed by atoms with van der Waals surface area (Å²) in [4.78, 5) is 4.40. The maximum absolute atomic E-state index is 13.7. The number of rotatable bonds is 2. The number of benzene rings is 2. The Kier molecular flexibility index (Phi) is 3.12. The van der Waals surface area contributed by atoms with Gasteiger partial charge in [0.1, 0.15) is 5.82 Å². The first kappa shape index (κ1) is 12.4. The molecule has 3 rings (SSSR count). The summed E-state index contributed by atoms with van der Waals surface area (Å²) in [5.41, 5.74) is 2.23. The highest BCUT2D eigenvalue weighted by Crippen LogP contribution is 2.33. The minimum Gasteiger partial charge on any atom is -0.329 e. The third kappa shape index (κ3) is 2.41. The Balaban J connectivity index is 2.01. The van der Waals surface area contributed by atoms with Gasteiger partial charge in [0.2, 0.25) is 0 Å². The van der Waals surface area contributed by atoms with E-state index in [9.17, 15) is 4.39 Å². The molecule has 0 radical (unpaired) electrons. The normalized spacial score (nSPS) is 10.9. The van der Waals surface area contributed by atoms with Crippen molar-refractivity contribution in [3.05, 3.63) is 52.8 Å². The van der Waals surface area contributed by atoms with Gasteiger partial charge in [-0.15, -0.1) is 0 Å². The van der Waals surface area contributed by atoms with Crippen LogP contribution in [0.5, 0.6) is 0 Å². The van der Waals surface area contributed by atoms with Crippen molar-refractivity contribution in [2.75, 3.05) is 5.32 Å². The fourth-order valence-electron chi connectivity index (χ4n) is 1.82. The van der Waals surface area contributed by atoms with E-state index >= 15 is 0 Å². The van der Waals surface area contributed by atoms with Gasteiger partial charge in [0, 0.05) is 0 Å². The van der Waals surface area contributed by atoms with Crippen LogP contribution in [-0.2, 0) is 0 Å². The van der Waals surface area contributed by atoms with Gasteiger partial charge in [0.25, 0.3) is 0 Å². The van der Waals surface area contributed by atoms with Gasteiger partial charge in [-0.25, -0.2) is 9.37 Å².